The average molecular weight is 337 g/mol. The molecule has 6 heteroatoms. The fourth-order valence-electron chi connectivity index (χ4n) is 2.51. The van der Waals surface area contributed by atoms with Gasteiger partial charge in [0.25, 0.3) is 0 Å². The van der Waals surface area contributed by atoms with Gasteiger partial charge in [-0.05, 0) is 24.6 Å². The number of para-hydroxylation sites is 2. The van der Waals surface area contributed by atoms with E-state index in [1.807, 2.05) is 54.6 Å². The number of carbonyl (C=O) groups excluding carboxylic acids is 2. The van der Waals surface area contributed by atoms with E-state index < -0.39 is 12.0 Å². The van der Waals surface area contributed by atoms with Crippen LogP contribution < -0.4 is 5.32 Å². The van der Waals surface area contributed by atoms with Crippen molar-refractivity contribution in [3.63, 3.8) is 0 Å². The number of aromatic nitrogens is 2. The van der Waals surface area contributed by atoms with E-state index in [1.54, 1.807) is 17.8 Å². The van der Waals surface area contributed by atoms with Crippen LogP contribution in [0.3, 0.4) is 0 Å². The maximum Gasteiger partial charge on any atom is 0.325 e. The van der Waals surface area contributed by atoms with Gasteiger partial charge in [-0.15, -0.1) is 0 Å². The predicted octanol–water partition coefficient (Wildman–Crippen LogP) is 2.46. The Morgan fingerprint density at radius 3 is 2.64 bits per heavy atom. The Morgan fingerprint density at radius 1 is 1.12 bits per heavy atom. The van der Waals surface area contributed by atoms with Crippen LogP contribution in [-0.2, 0) is 20.9 Å². The molecule has 0 aliphatic heterocycles. The van der Waals surface area contributed by atoms with Gasteiger partial charge < -0.3 is 14.6 Å². The van der Waals surface area contributed by atoms with Gasteiger partial charge in [-0.25, -0.2) is 4.98 Å². The van der Waals surface area contributed by atoms with Gasteiger partial charge in [0.2, 0.25) is 5.91 Å². The van der Waals surface area contributed by atoms with Crippen LogP contribution in [-0.4, -0.2) is 28.0 Å². The highest BCUT2D eigenvalue weighted by Crippen LogP contribution is 2.17. The lowest BCUT2D eigenvalue weighted by Gasteiger charge is -2.14. The molecule has 1 N–H and O–H groups in total. The molecule has 0 fully saturated rings. The molecule has 1 aromatic heterocycles. The van der Waals surface area contributed by atoms with Crippen LogP contribution in [0.1, 0.15) is 18.5 Å². The minimum Gasteiger partial charge on any atom is -0.460 e. The SMILES string of the molecule is CC(C(=O)NCC(=O)OCc1ccccc1)n1cnc2ccccc21. The van der Waals surface area contributed by atoms with Crippen molar-refractivity contribution in [2.24, 2.45) is 0 Å². The first-order valence-electron chi connectivity index (χ1n) is 8.04. The lowest BCUT2D eigenvalue weighted by Crippen LogP contribution is -2.35. The number of benzene rings is 2. The second kappa shape index (κ2) is 7.61. The van der Waals surface area contributed by atoms with Gasteiger partial charge in [-0.2, -0.15) is 0 Å². The Hall–Kier alpha value is -3.15. The first-order valence-corrected chi connectivity index (χ1v) is 8.04. The van der Waals surface area contributed by atoms with Crippen LogP contribution in [0.25, 0.3) is 11.0 Å². The maximum absolute atomic E-state index is 12.3. The largest absolute Gasteiger partial charge is 0.460 e. The predicted molar refractivity (Wildman–Crippen MR) is 93.7 cm³/mol. The minimum absolute atomic E-state index is 0.164. The number of nitrogens with zero attached hydrogens (tertiary/aromatic N) is 2. The Morgan fingerprint density at radius 2 is 1.84 bits per heavy atom. The van der Waals surface area contributed by atoms with Crippen LogP contribution in [0.4, 0.5) is 0 Å². The summed E-state index contributed by atoms with van der Waals surface area (Å²) in [6, 6.07) is 16.5. The molecule has 1 heterocycles. The molecule has 3 rings (SSSR count). The van der Waals surface area contributed by atoms with Crippen molar-refractivity contribution in [1.29, 1.82) is 0 Å². The van der Waals surface area contributed by atoms with Gasteiger partial charge in [0, 0.05) is 0 Å². The van der Waals surface area contributed by atoms with Crippen molar-refractivity contribution in [2.45, 2.75) is 19.6 Å². The van der Waals surface area contributed by atoms with Crippen molar-refractivity contribution in [3.05, 3.63) is 66.5 Å². The minimum atomic E-state index is -0.477. The molecule has 1 amide bonds. The zero-order valence-corrected chi connectivity index (χ0v) is 13.9. The molecule has 2 aromatic carbocycles. The summed E-state index contributed by atoms with van der Waals surface area (Å²) in [5.74, 6) is -0.736. The Bertz CT molecular complexity index is 874. The van der Waals surface area contributed by atoms with E-state index in [2.05, 4.69) is 10.3 Å². The number of carbonyl (C=O) groups is 2. The van der Waals surface area contributed by atoms with E-state index in [4.69, 9.17) is 4.74 Å². The normalized spacial score (nSPS) is 11.9. The topological polar surface area (TPSA) is 73.2 Å². The summed E-state index contributed by atoms with van der Waals surface area (Å²) >= 11 is 0. The van der Waals surface area contributed by atoms with Crippen molar-refractivity contribution in [2.75, 3.05) is 6.54 Å². The highest BCUT2D eigenvalue weighted by Gasteiger charge is 2.18. The lowest BCUT2D eigenvalue weighted by atomic mass is 10.2. The van der Waals surface area contributed by atoms with E-state index in [0.29, 0.717) is 0 Å². The number of esters is 1. The molecule has 1 atom stereocenters. The smallest absolute Gasteiger partial charge is 0.325 e. The fourth-order valence-corrected chi connectivity index (χ4v) is 2.51. The third-order valence-corrected chi connectivity index (χ3v) is 3.93. The quantitative estimate of drug-likeness (QED) is 0.701. The second-order valence-corrected chi connectivity index (χ2v) is 5.68. The van der Waals surface area contributed by atoms with Crippen molar-refractivity contribution in [1.82, 2.24) is 14.9 Å². The molecule has 0 saturated carbocycles. The summed E-state index contributed by atoms with van der Waals surface area (Å²) in [6.45, 7) is 1.79. The fraction of sp³-hybridized carbons (Fsp3) is 0.211. The molecule has 0 saturated heterocycles. The Balaban J connectivity index is 1.52. The molecular formula is C19H19N3O3. The Kier molecular flexibility index (Phi) is 5.09. The molecule has 6 nitrogen and oxygen atoms in total. The molecule has 25 heavy (non-hydrogen) atoms. The summed E-state index contributed by atoms with van der Waals surface area (Å²) in [6.07, 6.45) is 1.63. The summed E-state index contributed by atoms with van der Waals surface area (Å²) in [5.41, 5.74) is 2.60. The van der Waals surface area contributed by atoms with Crippen molar-refractivity contribution < 1.29 is 14.3 Å². The Labute approximate surface area is 145 Å². The molecule has 1 unspecified atom stereocenters. The average Bonchev–Trinajstić information content (AvgIpc) is 3.08. The van der Waals surface area contributed by atoms with Gasteiger partial charge in [-0.3, -0.25) is 9.59 Å². The van der Waals surface area contributed by atoms with E-state index in [9.17, 15) is 9.59 Å². The van der Waals surface area contributed by atoms with E-state index in [0.717, 1.165) is 16.6 Å². The van der Waals surface area contributed by atoms with Gasteiger partial charge in [-0.1, -0.05) is 42.5 Å². The summed E-state index contributed by atoms with van der Waals surface area (Å²) in [4.78, 5) is 28.4. The highest BCUT2D eigenvalue weighted by atomic mass is 16.5. The van der Waals surface area contributed by atoms with Crippen LogP contribution in [0.15, 0.2) is 60.9 Å². The highest BCUT2D eigenvalue weighted by molar-refractivity contribution is 5.86. The lowest BCUT2D eigenvalue weighted by molar-refractivity contribution is -0.145. The summed E-state index contributed by atoms with van der Waals surface area (Å²) in [7, 11) is 0. The summed E-state index contributed by atoms with van der Waals surface area (Å²) < 4.78 is 6.92. The monoisotopic (exact) mass is 337 g/mol. The standard InChI is InChI=1S/C19H19N3O3/c1-14(22-13-21-16-9-5-6-10-17(16)22)19(24)20-11-18(23)25-12-15-7-3-2-4-8-15/h2-10,13-14H,11-12H2,1H3,(H,20,24). The first-order chi connectivity index (χ1) is 12.1. The number of fused-ring (bicyclic) bond motifs is 1. The molecule has 0 radical (unpaired) electrons. The molecule has 0 spiro atoms. The van der Waals surface area contributed by atoms with E-state index in [1.165, 1.54) is 0 Å². The first kappa shape index (κ1) is 16.7. The maximum atomic E-state index is 12.3. The second-order valence-electron chi connectivity index (χ2n) is 5.68. The summed E-state index contributed by atoms with van der Waals surface area (Å²) in [5, 5.41) is 2.61. The number of amides is 1. The van der Waals surface area contributed by atoms with Crippen LogP contribution in [0.2, 0.25) is 0 Å². The van der Waals surface area contributed by atoms with Crippen LogP contribution in [0, 0.1) is 0 Å². The number of hydrogen-bond donors (Lipinski definition) is 1. The third kappa shape index (κ3) is 4.03. The van der Waals surface area contributed by atoms with E-state index in [-0.39, 0.29) is 19.1 Å². The van der Waals surface area contributed by atoms with Gasteiger partial charge in [0.05, 0.1) is 17.4 Å². The number of hydrogen-bond acceptors (Lipinski definition) is 4. The van der Waals surface area contributed by atoms with Crippen LogP contribution in [0.5, 0.6) is 0 Å². The molecule has 128 valence electrons. The third-order valence-electron chi connectivity index (χ3n) is 3.93. The van der Waals surface area contributed by atoms with Gasteiger partial charge >= 0.3 is 5.97 Å². The number of imidazole rings is 1. The molecule has 0 aliphatic carbocycles. The molecule has 0 bridgehead atoms. The molecular weight excluding hydrogens is 318 g/mol. The number of rotatable bonds is 6. The van der Waals surface area contributed by atoms with Crippen molar-refractivity contribution in [3.8, 4) is 0 Å². The molecule has 3 aromatic rings. The number of ether oxygens (including phenoxy) is 1. The molecule has 0 aliphatic rings. The number of nitrogens with one attached hydrogen (secondary N) is 1. The van der Waals surface area contributed by atoms with E-state index >= 15 is 0 Å². The zero-order chi connectivity index (χ0) is 17.6. The van der Waals surface area contributed by atoms with Gasteiger partial charge in [0.15, 0.2) is 0 Å². The van der Waals surface area contributed by atoms with Crippen molar-refractivity contribution >= 4 is 22.9 Å². The zero-order valence-electron chi connectivity index (χ0n) is 13.9. The van der Waals surface area contributed by atoms with Crippen LogP contribution >= 0.6 is 0 Å². The van der Waals surface area contributed by atoms with Gasteiger partial charge in [0.1, 0.15) is 19.2 Å².